The molecule has 0 radical (unpaired) electrons. The molecule has 0 unspecified atom stereocenters. The van der Waals surface area contributed by atoms with Crippen LogP contribution in [0.1, 0.15) is 29.1 Å². The Balaban J connectivity index is 1.45. The van der Waals surface area contributed by atoms with Gasteiger partial charge in [0.2, 0.25) is 0 Å². The van der Waals surface area contributed by atoms with Crippen LogP contribution in [0.3, 0.4) is 0 Å². The highest BCUT2D eigenvalue weighted by Crippen LogP contribution is 2.21. The second kappa shape index (κ2) is 7.29. The van der Waals surface area contributed by atoms with Crippen molar-refractivity contribution in [2.75, 3.05) is 0 Å². The summed E-state index contributed by atoms with van der Waals surface area (Å²) >= 11 is 0. The van der Waals surface area contributed by atoms with Crippen LogP contribution < -0.4 is 10.1 Å². The van der Waals surface area contributed by atoms with Gasteiger partial charge < -0.3 is 10.1 Å². The lowest BCUT2D eigenvalue weighted by Crippen LogP contribution is -2.27. The maximum atomic E-state index is 12.5. The minimum atomic E-state index is -0.282. The third-order valence-electron chi connectivity index (χ3n) is 4.17. The Bertz CT molecular complexity index is 1060. The minimum Gasteiger partial charge on any atom is -0.457 e. The highest BCUT2D eigenvalue weighted by atomic mass is 16.5. The summed E-state index contributed by atoms with van der Waals surface area (Å²) in [7, 11) is 0. The van der Waals surface area contributed by atoms with E-state index in [2.05, 4.69) is 15.5 Å². The quantitative estimate of drug-likeness (QED) is 0.585. The number of fused-ring (bicyclic) bond motifs is 1. The fourth-order valence-electron chi connectivity index (χ4n) is 2.80. The van der Waals surface area contributed by atoms with Crippen molar-refractivity contribution in [3.63, 3.8) is 0 Å². The summed E-state index contributed by atoms with van der Waals surface area (Å²) in [5.41, 5.74) is 1.30. The maximum absolute atomic E-state index is 12.5. The number of benzene rings is 2. The average molecular weight is 358 g/mol. The number of aromatic nitrogens is 3. The first-order valence-corrected chi connectivity index (χ1v) is 8.64. The van der Waals surface area contributed by atoms with Gasteiger partial charge in [-0.2, -0.15) is 0 Å². The summed E-state index contributed by atoms with van der Waals surface area (Å²) in [6.07, 6.45) is 1.88. The Kier molecular flexibility index (Phi) is 4.53. The first-order chi connectivity index (χ1) is 13.2. The molecule has 2 aromatic carbocycles. The lowest BCUT2D eigenvalue weighted by Gasteiger charge is -2.13. The van der Waals surface area contributed by atoms with Crippen LogP contribution in [0.25, 0.3) is 5.65 Å². The smallest absolute Gasteiger partial charge is 0.251 e. The first kappa shape index (κ1) is 16.8. The molecule has 1 atom stereocenters. The molecule has 0 saturated carbocycles. The standard InChI is InChI=1S/C21H18N4O2/c1-15(20-24-23-19-9-5-6-14-25(19)20)22-21(26)16-10-12-18(13-11-16)27-17-7-3-2-4-8-17/h2-15H,1H3,(H,22,26)/t15-/m0/s1. The number of hydrogen-bond donors (Lipinski definition) is 1. The van der Waals surface area contributed by atoms with Crippen LogP contribution in [0, 0.1) is 0 Å². The molecule has 0 saturated heterocycles. The predicted molar refractivity (Wildman–Crippen MR) is 102 cm³/mol. The average Bonchev–Trinajstić information content (AvgIpc) is 3.13. The van der Waals surface area contributed by atoms with Gasteiger partial charge in [-0.15, -0.1) is 10.2 Å². The highest BCUT2D eigenvalue weighted by molar-refractivity contribution is 5.94. The third kappa shape index (κ3) is 3.64. The molecule has 0 bridgehead atoms. The summed E-state index contributed by atoms with van der Waals surface area (Å²) < 4.78 is 7.61. The Labute approximate surface area is 156 Å². The fraction of sp³-hybridized carbons (Fsp3) is 0.0952. The van der Waals surface area contributed by atoms with E-state index in [1.807, 2.05) is 66.1 Å². The molecular formula is C21H18N4O2. The van der Waals surface area contributed by atoms with E-state index in [-0.39, 0.29) is 11.9 Å². The Hall–Kier alpha value is -3.67. The van der Waals surface area contributed by atoms with Crippen molar-refractivity contribution in [3.05, 3.63) is 90.4 Å². The number of nitrogens with zero attached hydrogens (tertiary/aromatic N) is 3. The van der Waals surface area contributed by atoms with Crippen LogP contribution in [0.15, 0.2) is 79.0 Å². The van der Waals surface area contributed by atoms with Crippen molar-refractivity contribution < 1.29 is 9.53 Å². The molecule has 4 rings (SSSR count). The molecule has 1 amide bonds. The zero-order valence-electron chi connectivity index (χ0n) is 14.7. The Morgan fingerprint density at radius 1 is 0.926 bits per heavy atom. The molecule has 2 aromatic heterocycles. The number of nitrogens with one attached hydrogen (secondary N) is 1. The minimum absolute atomic E-state index is 0.179. The molecule has 2 heterocycles. The molecule has 6 heteroatoms. The molecule has 6 nitrogen and oxygen atoms in total. The number of para-hydroxylation sites is 1. The second-order valence-corrected chi connectivity index (χ2v) is 6.12. The van der Waals surface area contributed by atoms with Crippen LogP contribution in [0.2, 0.25) is 0 Å². The van der Waals surface area contributed by atoms with Gasteiger partial charge in [-0.3, -0.25) is 9.20 Å². The SMILES string of the molecule is C[C@H](NC(=O)c1ccc(Oc2ccccc2)cc1)c1nnc2ccccn12. The molecule has 4 aromatic rings. The summed E-state index contributed by atoms with van der Waals surface area (Å²) in [6.45, 7) is 1.88. The number of carbonyl (C=O) groups is 1. The highest BCUT2D eigenvalue weighted by Gasteiger charge is 2.16. The largest absolute Gasteiger partial charge is 0.457 e. The number of pyridine rings is 1. The zero-order valence-corrected chi connectivity index (χ0v) is 14.7. The van der Waals surface area contributed by atoms with Gasteiger partial charge in [0.15, 0.2) is 11.5 Å². The van der Waals surface area contributed by atoms with E-state index >= 15 is 0 Å². The summed E-state index contributed by atoms with van der Waals surface area (Å²) in [4.78, 5) is 12.5. The van der Waals surface area contributed by atoms with Gasteiger partial charge in [-0.25, -0.2) is 0 Å². The molecule has 1 N–H and O–H groups in total. The van der Waals surface area contributed by atoms with Crippen molar-refractivity contribution in [2.24, 2.45) is 0 Å². The first-order valence-electron chi connectivity index (χ1n) is 8.64. The fourth-order valence-corrected chi connectivity index (χ4v) is 2.80. The van der Waals surface area contributed by atoms with E-state index in [0.29, 0.717) is 17.1 Å². The van der Waals surface area contributed by atoms with Crippen LogP contribution >= 0.6 is 0 Å². The van der Waals surface area contributed by atoms with E-state index in [1.165, 1.54) is 0 Å². The molecule has 27 heavy (non-hydrogen) atoms. The van der Waals surface area contributed by atoms with Crippen molar-refractivity contribution in [1.82, 2.24) is 19.9 Å². The van der Waals surface area contributed by atoms with Crippen molar-refractivity contribution in [3.8, 4) is 11.5 Å². The third-order valence-corrected chi connectivity index (χ3v) is 4.17. The summed E-state index contributed by atoms with van der Waals surface area (Å²) in [5.74, 6) is 1.93. The molecule has 134 valence electrons. The van der Waals surface area contributed by atoms with Crippen LogP contribution in [0.5, 0.6) is 11.5 Å². The van der Waals surface area contributed by atoms with Gasteiger partial charge in [-0.1, -0.05) is 24.3 Å². The molecule has 0 spiro atoms. The second-order valence-electron chi connectivity index (χ2n) is 6.12. The van der Waals surface area contributed by atoms with Crippen molar-refractivity contribution in [1.29, 1.82) is 0 Å². The van der Waals surface area contributed by atoms with Crippen LogP contribution in [-0.4, -0.2) is 20.5 Å². The van der Waals surface area contributed by atoms with Gasteiger partial charge in [0, 0.05) is 11.8 Å². The van der Waals surface area contributed by atoms with E-state index in [0.717, 1.165) is 11.4 Å². The van der Waals surface area contributed by atoms with E-state index in [9.17, 15) is 4.79 Å². The lowest BCUT2D eigenvalue weighted by molar-refractivity contribution is 0.0938. The van der Waals surface area contributed by atoms with E-state index in [1.54, 1.807) is 24.3 Å². The van der Waals surface area contributed by atoms with Crippen molar-refractivity contribution >= 4 is 11.6 Å². The van der Waals surface area contributed by atoms with Gasteiger partial charge >= 0.3 is 0 Å². The van der Waals surface area contributed by atoms with Gasteiger partial charge in [0.25, 0.3) is 5.91 Å². The molecule has 0 aliphatic heterocycles. The number of rotatable bonds is 5. The van der Waals surface area contributed by atoms with E-state index < -0.39 is 0 Å². The lowest BCUT2D eigenvalue weighted by atomic mass is 10.2. The molecule has 0 fully saturated rings. The summed E-state index contributed by atoms with van der Waals surface area (Å²) in [5, 5.41) is 11.3. The molecular weight excluding hydrogens is 340 g/mol. The topological polar surface area (TPSA) is 68.5 Å². The maximum Gasteiger partial charge on any atom is 0.251 e. The van der Waals surface area contributed by atoms with Crippen LogP contribution in [0.4, 0.5) is 0 Å². The van der Waals surface area contributed by atoms with Gasteiger partial charge in [0.1, 0.15) is 11.5 Å². The number of amides is 1. The van der Waals surface area contributed by atoms with Crippen molar-refractivity contribution in [2.45, 2.75) is 13.0 Å². The van der Waals surface area contributed by atoms with Gasteiger partial charge in [-0.05, 0) is 55.5 Å². The number of carbonyl (C=O) groups excluding carboxylic acids is 1. The molecule has 0 aliphatic carbocycles. The number of ether oxygens (including phenoxy) is 1. The monoisotopic (exact) mass is 358 g/mol. The van der Waals surface area contributed by atoms with E-state index in [4.69, 9.17) is 4.74 Å². The normalized spacial score (nSPS) is 11.9. The van der Waals surface area contributed by atoms with Gasteiger partial charge in [0.05, 0.1) is 6.04 Å². The Morgan fingerprint density at radius 3 is 2.41 bits per heavy atom. The number of hydrogen-bond acceptors (Lipinski definition) is 4. The predicted octanol–water partition coefficient (Wildman–Crippen LogP) is 4.01. The molecule has 0 aliphatic rings. The van der Waals surface area contributed by atoms with Crippen LogP contribution in [-0.2, 0) is 0 Å². The Morgan fingerprint density at radius 2 is 1.63 bits per heavy atom. The zero-order chi connectivity index (χ0) is 18.6. The summed E-state index contributed by atoms with van der Waals surface area (Å²) in [6, 6.07) is 21.9.